The van der Waals surface area contributed by atoms with E-state index in [-0.39, 0.29) is 24.4 Å². The monoisotopic (exact) mass is 200 g/mol. The van der Waals surface area contributed by atoms with Crippen molar-refractivity contribution in [2.45, 2.75) is 37.8 Å². The zero-order chi connectivity index (χ0) is 9.97. The summed E-state index contributed by atoms with van der Waals surface area (Å²) in [4.78, 5) is 0. The van der Waals surface area contributed by atoms with Gasteiger partial charge in [-0.3, -0.25) is 0 Å². The standard InChI is InChI=1S/C10H16O4/c1-3-7-9-10(14-5-11-7)8(4-2)12-6-13-9/h3,7-10H,1,4-6H2,2H3/t7-,8+,9?,10?/m0/s1. The minimum absolute atomic E-state index is 0.0227. The normalized spacial score (nSPS) is 42.9. The van der Waals surface area contributed by atoms with Crippen molar-refractivity contribution < 1.29 is 18.9 Å². The Kier molecular flexibility index (Phi) is 3.18. The van der Waals surface area contributed by atoms with Crippen molar-refractivity contribution in [3.8, 4) is 0 Å². The molecule has 0 amide bonds. The second-order valence-electron chi connectivity index (χ2n) is 3.48. The van der Waals surface area contributed by atoms with Crippen LogP contribution in [0.3, 0.4) is 0 Å². The maximum absolute atomic E-state index is 5.50. The molecule has 2 unspecified atom stereocenters. The summed E-state index contributed by atoms with van der Waals surface area (Å²) in [6.45, 7) is 6.41. The fourth-order valence-electron chi connectivity index (χ4n) is 1.93. The summed E-state index contributed by atoms with van der Waals surface area (Å²) in [6, 6.07) is 0. The van der Waals surface area contributed by atoms with Crippen molar-refractivity contribution in [3.63, 3.8) is 0 Å². The van der Waals surface area contributed by atoms with E-state index in [0.29, 0.717) is 13.6 Å². The minimum atomic E-state index is -0.0771. The Hall–Kier alpha value is -0.420. The largest absolute Gasteiger partial charge is 0.349 e. The first kappa shape index (κ1) is 10.1. The number of rotatable bonds is 2. The molecule has 0 bridgehead atoms. The lowest BCUT2D eigenvalue weighted by Gasteiger charge is -2.43. The summed E-state index contributed by atoms with van der Waals surface area (Å²) < 4.78 is 21.8. The highest BCUT2D eigenvalue weighted by molar-refractivity contribution is 4.96. The second-order valence-corrected chi connectivity index (χ2v) is 3.48. The molecule has 4 heteroatoms. The molecule has 0 N–H and O–H groups in total. The molecular formula is C10H16O4. The van der Waals surface area contributed by atoms with Gasteiger partial charge in [-0.15, -0.1) is 6.58 Å². The van der Waals surface area contributed by atoms with E-state index in [1.165, 1.54) is 0 Å². The van der Waals surface area contributed by atoms with Gasteiger partial charge in [0.1, 0.15) is 31.9 Å². The third kappa shape index (κ3) is 1.70. The van der Waals surface area contributed by atoms with Crippen LogP contribution < -0.4 is 0 Å². The third-order valence-electron chi connectivity index (χ3n) is 2.71. The molecule has 0 radical (unpaired) electrons. The lowest BCUT2D eigenvalue weighted by atomic mass is 9.99. The molecule has 2 fully saturated rings. The van der Waals surface area contributed by atoms with Crippen LogP contribution in [0.25, 0.3) is 0 Å². The highest BCUT2D eigenvalue weighted by Gasteiger charge is 2.42. The molecule has 2 aliphatic rings. The van der Waals surface area contributed by atoms with Crippen LogP contribution in [0.1, 0.15) is 13.3 Å². The van der Waals surface area contributed by atoms with Crippen LogP contribution in [0.5, 0.6) is 0 Å². The van der Waals surface area contributed by atoms with E-state index in [9.17, 15) is 0 Å². The molecule has 0 aromatic carbocycles. The minimum Gasteiger partial charge on any atom is -0.349 e. The van der Waals surface area contributed by atoms with Crippen LogP contribution >= 0.6 is 0 Å². The van der Waals surface area contributed by atoms with Crippen LogP contribution in [-0.4, -0.2) is 38.0 Å². The van der Waals surface area contributed by atoms with Crippen LogP contribution in [0.2, 0.25) is 0 Å². The lowest BCUT2D eigenvalue weighted by molar-refractivity contribution is -0.315. The molecule has 80 valence electrons. The van der Waals surface area contributed by atoms with Gasteiger partial charge in [0.05, 0.1) is 6.10 Å². The van der Waals surface area contributed by atoms with Crippen molar-refractivity contribution in [1.82, 2.24) is 0 Å². The molecular weight excluding hydrogens is 184 g/mol. The summed E-state index contributed by atoms with van der Waals surface area (Å²) in [5.74, 6) is 0. The van der Waals surface area contributed by atoms with Gasteiger partial charge in [-0.1, -0.05) is 13.0 Å². The van der Waals surface area contributed by atoms with Gasteiger partial charge < -0.3 is 18.9 Å². The van der Waals surface area contributed by atoms with E-state index in [2.05, 4.69) is 13.5 Å². The predicted molar refractivity (Wildman–Crippen MR) is 49.7 cm³/mol. The topological polar surface area (TPSA) is 36.9 Å². The maximum atomic E-state index is 5.50. The highest BCUT2D eigenvalue weighted by atomic mass is 16.8. The Labute approximate surface area is 83.8 Å². The zero-order valence-electron chi connectivity index (χ0n) is 8.35. The SMILES string of the molecule is C=C[C@@H]1OCOC2C1OCO[C@@H]2CC. The van der Waals surface area contributed by atoms with Gasteiger partial charge in [0, 0.05) is 0 Å². The van der Waals surface area contributed by atoms with Gasteiger partial charge in [0.15, 0.2) is 0 Å². The zero-order valence-corrected chi connectivity index (χ0v) is 8.35. The number of ether oxygens (including phenoxy) is 4. The van der Waals surface area contributed by atoms with Crippen LogP contribution in [-0.2, 0) is 18.9 Å². The Morgan fingerprint density at radius 3 is 2.57 bits per heavy atom. The van der Waals surface area contributed by atoms with E-state index < -0.39 is 0 Å². The first-order valence-corrected chi connectivity index (χ1v) is 4.95. The molecule has 2 heterocycles. The van der Waals surface area contributed by atoms with Crippen LogP contribution in [0.15, 0.2) is 12.7 Å². The summed E-state index contributed by atoms with van der Waals surface area (Å²) in [7, 11) is 0. The molecule has 0 aromatic heterocycles. The molecule has 0 spiro atoms. The van der Waals surface area contributed by atoms with E-state index in [1.54, 1.807) is 6.08 Å². The van der Waals surface area contributed by atoms with Gasteiger partial charge in [0.25, 0.3) is 0 Å². The maximum Gasteiger partial charge on any atom is 0.148 e. The van der Waals surface area contributed by atoms with Gasteiger partial charge in [-0.2, -0.15) is 0 Å². The molecule has 2 saturated heterocycles. The summed E-state index contributed by atoms with van der Waals surface area (Å²) in [5, 5.41) is 0. The second kappa shape index (κ2) is 4.40. The number of fused-ring (bicyclic) bond motifs is 1. The molecule has 2 rings (SSSR count). The quantitative estimate of drug-likeness (QED) is 0.625. The molecule has 4 atom stereocenters. The van der Waals surface area contributed by atoms with Crippen molar-refractivity contribution in [3.05, 3.63) is 12.7 Å². The Morgan fingerprint density at radius 1 is 1.14 bits per heavy atom. The Balaban J connectivity index is 2.08. The van der Waals surface area contributed by atoms with Crippen molar-refractivity contribution in [1.29, 1.82) is 0 Å². The summed E-state index contributed by atoms with van der Waals surface area (Å²) in [6.07, 6.45) is 2.63. The molecule has 4 nitrogen and oxygen atoms in total. The van der Waals surface area contributed by atoms with Gasteiger partial charge in [-0.25, -0.2) is 0 Å². The smallest absolute Gasteiger partial charge is 0.148 e. The van der Waals surface area contributed by atoms with Crippen molar-refractivity contribution in [2.24, 2.45) is 0 Å². The average molecular weight is 200 g/mol. The van der Waals surface area contributed by atoms with E-state index >= 15 is 0 Å². The lowest BCUT2D eigenvalue weighted by Crippen LogP contribution is -2.56. The van der Waals surface area contributed by atoms with E-state index in [0.717, 1.165) is 6.42 Å². The molecule has 14 heavy (non-hydrogen) atoms. The average Bonchev–Trinajstić information content (AvgIpc) is 2.27. The summed E-state index contributed by atoms with van der Waals surface area (Å²) >= 11 is 0. The molecule has 0 saturated carbocycles. The predicted octanol–water partition coefficient (Wildman–Crippen LogP) is 1.07. The molecule has 0 aromatic rings. The molecule has 0 aliphatic carbocycles. The first-order valence-electron chi connectivity index (χ1n) is 4.95. The highest BCUT2D eigenvalue weighted by Crippen LogP contribution is 2.27. The van der Waals surface area contributed by atoms with E-state index in [1.807, 2.05) is 0 Å². The fraction of sp³-hybridized carbons (Fsp3) is 0.800. The number of hydrogen-bond donors (Lipinski definition) is 0. The molecule has 2 aliphatic heterocycles. The number of hydrogen-bond acceptors (Lipinski definition) is 4. The Bertz CT molecular complexity index is 206. The van der Waals surface area contributed by atoms with Crippen molar-refractivity contribution in [2.75, 3.05) is 13.6 Å². The van der Waals surface area contributed by atoms with E-state index in [4.69, 9.17) is 18.9 Å². The summed E-state index contributed by atoms with van der Waals surface area (Å²) in [5.41, 5.74) is 0. The van der Waals surface area contributed by atoms with Crippen molar-refractivity contribution >= 4 is 0 Å². The van der Waals surface area contributed by atoms with Crippen LogP contribution in [0.4, 0.5) is 0 Å². The third-order valence-corrected chi connectivity index (χ3v) is 2.71. The fourth-order valence-corrected chi connectivity index (χ4v) is 1.93. The van der Waals surface area contributed by atoms with Gasteiger partial charge in [0.2, 0.25) is 0 Å². The van der Waals surface area contributed by atoms with Gasteiger partial charge >= 0.3 is 0 Å². The Morgan fingerprint density at radius 2 is 1.86 bits per heavy atom. The van der Waals surface area contributed by atoms with Crippen LogP contribution in [0, 0.1) is 0 Å². The van der Waals surface area contributed by atoms with Gasteiger partial charge in [-0.05, 0) is 6.42 Å². The first-order chi connectivity index (χ1) is 6.86.